The number of halogens is 1. The summed E-state index contributed by atoms with van der Waals surface area (Å²) in [7, 11) is 0. The summed E-state index contributed by atoms with van der Waals surface area (Å²) >= 11 is 8.73. The van der Waals surface area contributed by atoms with E-state index in [1.165, 1.54) is 23.1 Å². The average molecular weight is 382 g/mol. The Labute approximate surface area is 153 Å². The van der Waals surface area contributed by atoms with Crippen LogP contribution in [0.4, 0.5) is 10.8 Å². The van der Waals surface area contributed by atoms with Crippen molar-refractivity contribution in [3.8, 4) is 6.07 Å². The number of nitriles is 1. The van der Waals surface area contributed by atoms with E-state index in [4.69, 9.17) is 16.9 Å². The monoisotopic (exact) mass is 381 g/mol. The van der Waals surface area contributed by atoms with Gasteiger partial charge in [0.25, 0.3) is 0 Å². The Morgan fingerprint density at radius 1 is 1.50 bits per heavy atom. The number of amides is 1. The van der Waals surface area contributed by atoms with E-state index in [1.807, 2.05) is 6.07 Å². The van der Waals surface area contributed by atoms with Gasteiger partial charge >= 0.3 is 0 Å². The van der Waals surface area contributed by atoms with Gasteiger partial charge in [0.05, 0.1) is 15.8 Å². The Balaban J connectivity index is 1.93. The number of anilines is 2. The fourth-order valence-electron chi connectivity index (χ4n) is 1.69. The maximum absolute atomic E-state index is 12.3. The molecule has 0 radical (unpaired) electrons. The molecule has 1 amide bonds. The summed E-state index contributed by atoms with van der Waals surface area (Å²) in [4.78, 5) is 12.3. The van der Waals surface area contributed by atoms with Crippen LogP contribution in [0.1, 0.15) is 25.8 Å². The molecule has 2 N–H and O–H groups in total. The van der Waals surface area contributed by atoms with E-state index in [-0.39, 0.29) is 11.2 Å². The standard InChI is InChI=1S/C15H16ClN5OS2/c1-3-6-18-14-20-21-15(24-14)23-9(2)13(22)19-11-5-4-10(8-17)12(16)7-11/h4-5,7,9H,3,6H2,1-2H3,(H,18,20)(H,19,22)/t9-/m1/s1. The van der Waals surface area contributed by atoms with Crippen molar-refractivity contribution in [2.45, 2.75) is 29.9 Å². The number of hydrogen-bond donors (Lipinski definition) is 2. The van der Waals surface area contributed by atoms with Crippen LogP contribution >= 0.6 is 34.7 Å². The molecule has 1 heterocycles. The first-order chi connectivity index (χ1) is 11.5. The zero-order valence-electron chi connectivity index (χ0n) is 13.2. The summed E-state index contributed by atoms with van der Waals surface area (Å²) in [6.45, 7) is 4.71. The Morgan fingerprint density at radius 3 is 2.96 bits per heavy atom. The predicted molar refractivity (Wildman–Crippen MR) is 98.8 cm³/mol. The summed E-state index contributed by atoms with van der Waals surface area (Å²) < 4.78 is 0.731. The van der Waals surface area contributed by atoms with Crippen molar-refractivity contribution in [3.63, 3.8) is 0 Å². The first kappa shape index (κ1) is 18.5. The molecule has 0 aliphatic rings. The summed E-state index contributed by atoms with van der Waals surface area (Å²) in [6.07, 6.45) is 1.01. The van der Waals surface area contributed by atoms with E-state index < -0.39 is 0 Å². The number of rotatable bonds is 7. The zero-order valence-corrected chi connectivity index (χ0v) is 15.6. The molecule has 1 aromatic carbocycles. The Kier molecular flexibility index (Phi) is 6.85. The van der Waals surface area contributed by atoms with E-state index in [9.17, 15) is 4.79 Å². The number of carbonyl (C=O) groups excluding carboxylic acids is 1. The SMILES string of the molecule is CCCNc1nnc(S[C@H](C)C(=O)Nc2ccc(C#N)c(Cl)c2)s1. The van der Waals surface area contributed by atoms with Gasteiger partial charge in [0.15, 0.2) is 4.34 Å². The minimum absolute atomic E-state index is 0.168. The summed E-state index contributed by atoms with van der Waals surface area (Å²) in [5, 5.41) is 23.6. The van der Waals surface area contributed by atoms with Gasteiger partial charge in [-0.2, -0.15) is 5.26 Å². The molecule has 0 aliphatic heterocycles. The maximum Gasteiger partial charge on any atom is 0.237 e. The van der Waals surface area contributed by atoms with E-state index >= 15 is 0 Å². The predicted octanol–water partition coefficient (Wildman–Crippen LogP) is 4.00. The lowest BCUT2D eigenvalue weighted by molar-refractivity contribution is -0.115. The molecule has 0 saturated carbocycles. The third-order valence-electron chi connectivity index (χ3n) is 2.94. The van der Waals surface area contributed by atoms with Gasteiger partial charge in [-0.05, 0) is 31.5 Å². The Bertz CT molecular complexity index is 759. The average Bonchev–Trinajstić information content (AvgIpc) is 3.00. The van der Waals surface area contributed by atoms with Crippen molar-refractivity contribution in [1.82, 2.24) is 10.2 Å². The molecule has 1 aromatic heterocycles. The Morgan fingerprint density at radius 2 is 2.29 bits per heavy atom. The molecule has 2 rings (SSSR count). The molecule has 0 fully saturated rings. The van der Waals surface area contributed by atoms with E-state index in [2.05, 4.69) is 27.8 Å². The number of carbonyl (C=O) groups is 1. The van der Waals surface area contributed by atoms with Crippen molar-refractivity contribution < 1.29 is 4.79 Å². The molecule has 0 spiro atoms. The van der Waals surface area contributed by atoms with Crippen LogP contribution in [0.2, 0.25) is 5.02 Å². The van der Waals surface area contributed by atoms with Crippen molar-refractivity contribution in [2.75, 3.05) is 17.2 Å². The molecule has 0 saturated heterocycles. The van der Waals surface area contributed by atoms with Crippen molar-refractivity contribution in [1.29, 1.82) is 5.26 Å². The van der Waals surface area contributed by atoms with E-state index in [1.54, 1.807) is 25.1 Å². The lowest BCUT2D eigenvalue weighted by Gasteiger charge is -2.10. The van der Waals surface area contributed by atoms with E-state index in [0.717, 1.165) is 22.4 Å². The minimum Gasteiger partial charge on any atom is -0.360 e. The second-order valence-corrected chi connectivity index (χ2v) is 7.83. The normalized spacial score (nSPS) is 11.6. The first-order valence-corrected chi connectivity index (χ1v) is 9.35. The van der Waals surface area contributed by atoms with Crippen molar-refractivity contribution in [3.05, 3.63) is 28.8 Å². The zero-order chi connectivity index (χ0) is 17.5. The molecule has 0 unspecified atom stereocenters. The van der Waals surface area contributed by atoms with Crippen LogP contribution in [-0.4, -0.2) is 27.9 Å². The third-order valence-corrected chi connectivity index (χ3v) is 5.31. The number of aromatic nitrogens is 2. The van der Waals surface area contributed by atoms with Crippen LogP contribution in [0.15, 0.2) is 22.5 Å². The molecule has 2 aromatic rings. The highest BCUT2D eigenvalue weighted by atomic mass is 35.5. The van der Waals surface area contributed by atoms with Crippen LogP contribution in [0.25, 0.3) is 0 Å². The summed E-state index contributed by atoms with van der Waals surface area (Å²) in [5.41, 5.74) is 0.928. The number of nitrogens with zero attached hydrogens (tertiary/aromatic N) is 3. The number of benzene rings is 1. The van der Waals surface area contributed by atoms with Gasteiger partial charge in [0.1, 0.15) is 6.07 Å². The molecule has 126 valence electrons. The molecular weight excluding hydrogens is 366 g/mol. The van der Waals surface area contributed by atoms with Crippen LogP contribution in [0.3, 0.4) is 0 Å². The molecule has 1 atom stereocenters. The fourth-order valence-corrected chi connectivity index (χ4v) is 3.84. The second-order valence-electron chi connectivity index (χ2n) is 4.86. The van der Waals surface area contributed by atoms with Gasteiger partial charge in [0, 0.05) is 12.2 Å². The second kappa shape index (κ2) is 8.87. The molecule has 0 aliphatic carbocycles. The molecule has 9 heteroatoms. The lowest BCUT2D eigenvalue weighted by Crippen LogP contribution is -2.22. The summed E-state index contributed by atoms with van der Waals surface area (Å²) in [5.74, 6) is -0.168. The third kappa shape index (κ3) is 5.09. The van der Waals surface area contributed by atoms with Crippen LogP contribution in [0.5, 0.6) is 0 Å². The maximum atomic E-state index is 12.3. The van der Waals surface area contributed by atoms with Gasteiger partial charge in [-0.1, -0.05) is 41.6 Å². The van der Waals surface area contributed by atoms with Gasteiger partial charge in [-0.25, -0.2) is 0 Å². The fraction of sp³-hybridized carbons (Fsp3) is 0.333. The highest BCUT2D eigenvalue weighted by molar-refractivity contribution is 8.02. The van der Waals surface area contributed by atoms with Crippen molar-refractivity contribution >= 4 is 51.4 Å². The highest BCUT2D eigenvalue weighted by Crippen LogP contribution is 2.29. The molecule has 0 bridgehead atoms. The van der Waals surface area contributed by atoms with Crippen molar-refractivity contribution in [2.24, 2.45) is 0 Å². The van der Waals surface area contributed by atoms with Gasteiger partial charge in [0.2, 0.25) is 11.0 Å². The van der Waals surface area contributed by atoms with E-state index in [0.29, 0.717) is 16.3 Å². The number of nitrogens with one attached hydrogen (secondary N) is 2. The first-order valence-electron chi connectivity index (χ1n) is 7.28. The Hall–Kier alpha value is -1.82. The van der Waals surface area contributed by atoms with Gasteiger partial charge in [-0.3, -0.25) is 4.79 Å². The summed E-state index contributed by atoms with van der Waals surface area (Å²) in [6, 6.07) is 6.77. The quantitative estimate of drug-likeness (QED) is 0.704. The van der Waals surface area contributed by atoms with Gasteiger partial charge < -0.3 is 10.6 Å². The topological polar surface area (TPSA) is 90.7 Å². The number of thioether (sulfide) groups is 1. The number of hydrogen-bond acceptors (Lipinski definition) is 7. The van der Waals surface area contributed by atoms with Crippen LogP contribution < -0.4 is 10.6 Å². The van der Waals surface area contributed by atoms with Crippen LogP contribution in [0, 0.1) is 11.3 Å². The molecular formula is C15H16ClN5OS2. The minimum atomic E-state index is -0.341. The lowest BCUT2D eigenvalue weighted by atomic mass is 10.2. The smallest absolute Gasteiger partial charge is 0.237 e. The molecule has 6 nitrogen and oxygen atoms in total. The largest absolute Gasteiger partial charge is 0.360 e. The highest BCUT2D eigenvalue weighted by Gasteiger charge is 2.17. The molecule has 24 heavy (non-hydrogen) atoms. The van der Waals surface area contributed by atoms with Crippen LogP contribution in [-0.2, 0) is 4.79 Å². The van der Waals surface area contributed by atoms with Gasteiger partial charge in [-0.15, -0.1) is 10.2 Å².